The number of fused-ring (bicyclic) bond motifs is 2. The first-order chi connectivity index (χ1) is 16.5. The van der Waals surface area contributed by atoms with Crippen LogP contribution in [-0.4, -0.2) is 36.4 Å². The first-order valence-electron chi connectivity index (χ1n) is 11.1. The van der Waals surface area contributed by atoms with Crippen LogP contribution >= 0.6 is 0 Å². The van der Waals surface area contributed by atoms with Gasteiger partial charge in [-0.05, 0) is 31.0 Å². The van der Waals surface area contributed by atoms with Crippen molar-refractivity contribution < 1.29 is 9.59 Å². The molecule has 1 aliphatic rings. The van der Waals surface area contributed by atoms with Crippen molar-refractivity contribution in [3.63, 3.8) is 0 Å². The zero-order valence-corrected chi connectivity index (χ0v) is 18.4. The molecule has 4 aromatic rings. The zero-order valence-electron chi connectivity index (χ0n) is 18.4. The lowest BCUT2D eigenvalue weighted by Crippen LogP contribution is -2.32. The third-order valence-electron chi connectivity index (χ3n) is 5.91. The van der Waals surface area contributed by atoms with Gasteiger partial charge in [0.1, 0.15) is 12.4 Å². The highest BCUT2D eigenvalue weighted by Gasteiger charge is 2.18. The van der Waals surface area contributed by atoms with E-state index < -0.39 is 17.4 Å². The van der Waals surface area contributed by atoms with Crippen LogP contribution in [0.3, 0.4) is 0 Å². The van der Waals surface area contributed by atoms with Crippen LogP contribution in [0.2, 0.25) is 0 Å². The van der Waals surface area contributed by atoms with Crippen LogP contribution < -0.4 is 16.6 Å². The molecule has 0 spiro atoms. The number of nitrogens with zero attached hydrogens (tertiary/aromatic N) is 5. The minimum Gasteiger partial charge on any atom is -0.364 e. The average molecular weight is 457 g/mol. The molecule has 0 radical (unpaired) electrons. The van der Waals surface area contributed by atoms with Gasteiger partial charge in [0.05, 0.1) is 5.39 Å². The van der Waals surface area contributed by atoms with E-state index in [0.717, 1.165) is 47.7 Å². The van der Waals surface area contributed by atoms with Crippen molar-refractivity contribution in [2.75, 3.05) is 5.32 Å². The summed E-state index contributed by atoms with van der Waals surface area (Å²) in [5.41, 5.74) is 6.31. The lowest BCUT2D eigenvalue weighted by Gasteiger charge is -2.11. The fraction of sp³-hybridized carbons (Fsp3) is 0.250. The number of aryl methyl sites for hydroxylation is 1. The summed E-state index contributed by atoms with van der Waals surface area (Å²) in [5, 5.41) is 16.2. The number of hydrogen-bond acceptors (Lipinski definition) is 6. The minimum atomic E-state index is -0.773. The van der Waals surface area contributed by atoms with E-state index in [4.69, 9.17) is 5.73 Å². The second kappa shape index (κ2) is 8.89. The number of aromatic nitrogens is 5. The van der Waals surface area contributed by atoms with Crippen LogP contribution in [0.5, 0.6) is 0 Å². The molecule has 34 heavy (non-hydrogen) atoms. The summed E-state index contributed by atoms with van der Waals surface area (Å²) in [6, 6.07) is 13.9. The zero-order chi connectivity index (χ0) is 23.7. The van der Waals surface area contributed by atoms with Crippen molar-refractivity contribution in [3.05, 3.63) is 70.4 Å². The highest BCUT2D eigenvalue weighted by Crippen LogP contribution is 2.25. The average Bonchev–Trinajstić information content (AvgIpc) is 3.09. The van der Waals surface area contributed by atoms with Gasteiger partial charge in [0.25, 0.3) is 11.5 Å². The molecule has 0 bridgehead atoms. The monoisotopic (exact) mass is 457 g/mol. The predicted octanol–water partition coefficient (Wildman–Crippen LogP) is 2.12. The maximum Gasteiger partial charge on any atom is 0.275 e. The number of benzene rings is 2. The Bertz CT molecular complexity index is 1470. The number of nitrogens with one attached hydrogen (secondary N) is 1. The Morgan fingerprint density at radius 3 is 2.65 bits per heavy atom. The van der Waals surface area contributed by atoms with Gasteiger partial charge in [-0.2, -0.15) is 5.10 Å². The number of rotatable bonds is 5. The second-order valence-electron chi connectivity index (χ2n) is 8.25. The van der Waals surface area contributed by atoms with Gasteiger partial charge < -0.3 is 15.6 Å². The Morgan fingerprint density at radius 1 is 1.00 bits per heavy atom. The summed E-state index contributed by atoms with van der Waals surface area (Å²) in [6.45, 7) is 0.501. The van der Waals surface area contributed by atoms with Crippen LogP contribution in [0.4, 0.5) is 5.69 Å². The second-order valence-corrected chi connectivity index (χ2v) is 8.25. The molecule has 2 aromatic heterocycles. The van der Waals surface area contributed by atoms with Crippen molar-refractivity contribution in [2.45, 2.75) is 38.8 Å². The van der Waals surface area contributed by atoms with E-state index in [1.54, 1.807) is 30.3 Å². The Labute approximate surface area is 194 Å². The molecule has 172 valence electrons. The summed E-state index contributed by atoms with van der Waals surface area (Å²) in [6.07, 6.45) is 4.26. The van der Waals surface area contributed by atoms with Crippen molar-refractivity contribution in [1.82, 2.24) is 24.5 Å². The summed E-state index contributed by atoms with van der Waals surface area (Å²) in [4.78, 5) is 37.4. The Kier molecular flexibility index (Phi) is 5.62. The standard InChI is InChI=1S/C24H23N7O3/c25-22(33)21-17-9-3-4-10-18(17)24(34)31(29-21)14-20(32)26-16-8-6-7-15(13-16)23-28-27-19-11-2-1-5-12-30(19)23/h3-4,6-10,13H,1-2,5,11-12,14H2,(H2,25,33)(H,26,32). The van der Waals surface area contributed by atoms with Gasteiger partial charge in [0, 0.05) is 29.6 Å². The van der Waals surface area contributed by atoms with E-state index in [2.05, 4.69) is 25.2 Å². The summed E-state index contributed by atoms with van der Waals surface area (Å²) < 4.78 is 3.10. The maximum absolute atomic E-state index is 12.8. The molecule has 2 amide bonds. The molecule has 10 heteroatoms. The number of hydrogen-bond donors (Lipinski definition) is 2. The molecule has 0 atom stereocenters. The number of anilines is 1. The van der Waals surface area contributed by atoms with E-state index in [1.165, 1.54) is 6.42 Å². The maximum atomic E-state index is 12.8. The number of carbonyl (C=O) groups is 2. The fourth-order valence-electron chi connectivity index (χ4n) is 4.30. The van der Waals surface area contributed by atoms with Gasteiger partial charge in [-0.1, -0.05) is 36.8 Å². The molecule has 3 N–H and O–H groups in total. The molecule has 5 rings (SSSR count). The molecule has 0 unspecified atom stereocenters. The molecule has 1 aliphatic heterocycles. The fourth-order valence-corrected chi connectivity index (χ4v) is 4.30. The quantitative estimate of drug-likeness (QED) is 0.471. The SMILES string of the molecule is NC(=O)c1nn(CC(=O)Nc2cccc(-c3nnc4n3CCCCC4)c2)c(=O)c2ccccc12. The molecular weight excluding hydrogens is 434 g/mol. The van der Waals surface area contributed by atoms with Gasteiger partial charge >= 0.3 is 0 Å². The van der Waals surface area contributed by atoms with Crippen LogP contribution in [0, 0.1) is 0 Å². The Balaban J connectivity index is 1.40. The topological polar surface area (TPSA) is 138 Å². The first kappa shape index (κ1) is 21.5. The van der Waals surface area contributed by atoms with Crippen molar-refractivity contribution in [3.8, 4) is 11.4 Å². The van der Waals surface area contributed by atoms with Gasteiger partial charge in [0.2, 0.25) is 5.91 Å². The third-order valence-corrected chi connectivity index (χ3v) is 5.91. The van der Waals surface area contributed by atoms with E-state index >= 15 is 0 Å². The molecule has 0 saturated carbocycles. The predicted molar refractivity (Wildman–Crippen MR) is 126 cm³/mol. The lowest BCUT2D eigenvalue weighted by atomic mass is 10.1. The van der Waals surface area contributed by atoms with E-state index in [1.807, 2.05) is 18.2 Å². The van der Waals surface area contributed by atoms with Gasteiger partial charge in [0.15, 0.2) is 11.5 Å². The van der Waals surface area contributed by atoms with Crippen molar-refractivity contribution >= 4 is 28.3 Å². The van der Waals surface area contributed by atoms with Crippen molar-refractivity contribution in [1.29, 1.82) is 0 Å². The largest absolute Gasteiger partial charge is 0.364 e. The molecule has 0 aliphatic carbocycles. The van der Waals surface area contributed by atoms with Crippen LogP contribution in [0.1, 0.15) is 35.6 Å². The molecular formula is C24H23N7O3. The smallest absolute Gasteiger partial charge is 0.275 e. The minimum absolute atomic E-state index is 0.0579. The molecule has 2 aromatic carbocycles. The number of amides is 2. The Hall–Kier alpha value is -4.34. The summed E-state index contributed by atoms with van der Waals surface area (Å²) in [5.74, 6) is 0.517. The van der Waals surface area contributed by atoms with Gasteiger partial charge in [-0.3, -0.25) is 14.4 Å². The number of primary amides is 1. The molecule has 3 heterocycles. The van der Waals surface area contributed by atoms with Crippen LogP contribution in [-0.2, 0) is 24.3 Å². The third kappa shape index (κ3) is 4.05. The lowest BCUT2D eigenvalue weighted by molar-refractivity contribution is -0.117. The van der Waals surface area contributed by atoms with Crippen LogP contribution in [0.15, 0.2) is 53.3 Å². The van der Waals surface area contributed by atoms with E-state index in [9.17, 15) is 14.4 Å². The first-order valence-corrected chi connectivity index (χ1v) is 11.1. The van der Waals surface area contributed by atoms with Gasteiger partial charge in [-0.15, -0.1) is 10.2 Å². The molecule has 10 nitrogen and oxygen atoms in total. The highest BCUT2D eigenvalue weighted by atomic mass is 16.2. The van der Waals surface area contributed by atoms with Crippen LogP contribution in [0.25, 0.3) is 22.2 Å². The van der Waals surface area contributed by atoms with E-state index in [0.29, 0.717) is 11.1 Å². The molecule has 0 saturated heterocycles. The number of nitrogens with two attached hydrogens (primary N) is 1. The van der Waals surface area contributed by atoms with Gasteiger partial charge in [-0.25, -0.2) is 4.68 Å². The normalized spacial score (nSPS) is 13.3. The summed E-state index contributed by atoms with van der Waals surface area (Å²) in [7, 11) is 0. The Morgan fingerprint density at radius 2 is 1.82 bits per heavy atom. The highest BCUT2D eigenvalue weighted by molar-refractivity contribution is 6.04. The van der Waals surface area contributed by atoms with E-state index in [-0.39, 0.29) is 17.6 Å². The summed E-state index contributed by atoms with van der Waals surface area (Å²) >= 11 is 0. The number of carbonyl (C=O) groups excluding carboxylic acids is 2. The van der Waals surface area contributed by atoms with Crippen molar-refractivity contribution in [2.24, 2.45) is 5.73 Å². The molecule has 0 fully saturated rings.